The number of hydrogen-bond acceptors (Lipinski definition) is 4. The van der Waals surface area contributed by atoms with Gasteiger partial charge in [0.2, 0.25) is 0 Å². The Balaban J connectivity index is 1.74. The summed E-state index contributed by atoms with van der Waals surface area (Å²) in [5.74, 6) is -0.491. The number of amides is 1. The summed E-state index contributed by atoms with van der Waals surface area (Å²) >= 11 is 9.93. The van der Waals surface area contributed by atoms with E-state index in [1.807, 2.05) is 30.3 Å². The van der Waals surface area contributed by atoms with Gasteiger partial charge in [-0.3, -0.25) is 4.79 Å². The molecule has 0 unspecified atom stereocenters. The van der Waals surface area contributed by atoms with Gasteiger partial charge in [-0.15, -0.1) is 0 Å². The predicted octanol–water partition coefficient (Wildman–Crippen LogP) is 5.80. The third kappa shape index (κ3) is 4.93. The molecule has 3 aromatic rings. The second-order valence-electron chi connectivity index (χ2n) is 8.63. The highest BCUT2D eigenvalue weighted by molar-refractivity contribution is 9.10. The molecule has 1 heterocycles. The van der Waals surface area contributed by atoms with E-state index < -0.39 is 5.91 Å². The Bertz CT molecular complexity index is 1160. The highest BCUT2D eigenvalue weighted by Crippen LogP contribution is 2.38. The Morgan fingerprint density at radius 3 is 2.62 bits per heavy atom. The zero-order valence-electron chi connectivity index (χ0n) is 18.1. The van der Waals surface area contributed by atoms with Gasteiger partial charge in [-0.05, 0) is 71.7 Å². The number of nitrogens with one attached hydrogen (secondary N) is 2. The molecular formula is C25H26BrClN4O. The Hall–Kier alpha value is -2.54. The minimum absolute atomic E-state index is 0.0558. The van der Waals surface area contributed by atoms with Gasteiger partial charge in [0, 0.05) is 45.9 Å². The quantitative estimate of drug-likeness (QED) is 0.403. The largest absolute Gasteiger partial charge is 0.368 e. The maximum absolute atomic E-state index is 12.2. The third-order valence-corrected chi connectivity index (χ3v) is 6.46. The summed E-state index contributed by atoms with van der Waals surface area (Å²) in [5, 5.41) is 7.51. The van der Waals surface area contributed by atoms with Gasteiger partial charge in [0.05, 0.1) is 16.9 Å². The number of rotatable bonds is 5. The van der Waals surface area contributed by atoms with Gasteiger partial charge in [-0.1, -0.05) is 35.9 Å². The Kier molecular flexibility index (Phi) is 6.47. The first-order valence-electron chi connectivity index (χ1n) is 10.5. The predicted molar refractivity (Wildman–Crippen MR) is 137 cm³/mol. The molecule has 32 heavy (non-hydrogen) atoms. The second-order valence-corrected chi connectivity index (χ2v) is 9.92. The van der Waals surface area contributed by atoms with Gasteiger partial charge < -0.3 is 21.3 Å². The van der Waals surface area contributed by atoms with Crippen LogP contribution in [0.2, 0.25) is 5.02 Å². The molecule has 0 spiro atoms. The van der Waals surface area contributed by atoms with E-state index >= 15 is 0 Å². The molecule has 1 aliphatic heterocycles. The molecule has 0 radical (unpaired) electrons. The molecule has 1 saturated heterocycles. The van der Waals surface area contributed by atoms with Crippen molar-refractivity contribution in [2.75, 3.05) is 29.9 Å². The number of carbonyl (C=O) groups is 1. The molecule has 4 N–H and O–H groups in total. The lowest BCUT2D eigenvalue weighted by Crippen LogP contribution is -2.57. The van der Waals surface area contributed by atoms with Gasteiger partial charge in [0.15, 0.2) is 0 Å². The number of nitrogens with two attached hydrogens (primary N) is 1. The van der Waals surface area contributed by atoms with E-state index in [2.05, 4.69) is 63.5 Å². The van der Waals surface area contributed by atoms with Gasteiger partial charge >= 0.3 is 0 Å². The summed E-state index contributed by atoms with van der Waals surface area (Å²) in [6, 6.07) is 19.2. The van der Waals surface area contributed by atoms with Crippen molar-refractivity contribution in [3.63, 3.8) is 0 Å². The summed E-state index contributed by atoms with van der Waals surface area (Å²) < 4.78 is 1.01. The number of benzene rings is 3. The van der Waals surface area contributed by atoms with Crippen molar-refractivity contribution in [1.82, 2.24) is 5.32 Å². The number of primary amides is 1. The lowest BCUT2D eigenvalue weighted by atomic mass is 9.98. The van der Waals surface area contributed by atoms with Crippen molar-refractivity contribution in [3.05, 3.63) is 75.7 Å². The molecule has 1 aliphatic rings. The molecule has 0 aliphatic carbocycles. The highest BCUT2D eigenvalue weighted by Gasteiger charge is 2.27. The van der Waals surface area contributed by atoms with Gasteiger partial charge in [0.25, 0.3) is 5.91 Å². The zero-order chi connectivity index (χ0) is 22.9. The average Bonchev–Trinajstić information content (AvgIpc) is 2.73. The van der Waals surface area contributed by atoms with Gasteiger partial charge in [-0.2, -0.15) is 0 Å². The summed E-state index contributed by atoms with van der Waals surface area (Å²) in [6.45, 7) is 7.23. The molecule has 1 fully saturated rings. The van der Waals surface area contributed by atoms with E-state index in [1.165, 1.54) is 0 Å². The maximum atomic E-state index is 12.2. The first-order valence-corrected chi connectivity index (χ1v) is 11.7. The second kappa shape index (κ2) is 9.14. The molecular weight excluding hydrogens is 488 g/mol. The van der Waals surface area contributed by atoms with Crippen LogP contribution in [0.15, 0.2) is 65.1 Å². The SMILES string of the molecule is CC1(C)CN(c2ccc(-c3cccc(C(N)=O)c3Nc3cccc(Cl)c3)cc2Br)CCN1. The first kappa shape index (κ1) is 22.6. The van der Waals surface area contributed by atoms with Crippen LogP contribution in [0.4, 0.5) is 17.1 Å². The standard InChI is InChI=1S/C25H26BrClN4O/c1-25(2)15-31(12-11-29-25)22-10-9-16(13-21(22)26)19-7-4-8-20(24(28)32)23(19)30-18-6-3-5-17(27)14-18/h3-10,13-14,29-30H,11-12,15H2,1-2H3,(H2,28,32). The van der Waals surface area contributed by atoms with Crippen molar-refractivity contribution in [2.24, 2.45) is 5.73 Å². The summed E-state index contributed by atoms with van der Waals surface area (Å²) in [6.07, 6.45) is 0. The van der Waals surface area contributed by atoms with Crippen molar-refractivity contribution in [1.29, 1.82) is 0 Å². The van der Waals surface area contributed by atoms with E-state index in [4.69, 9.17) is 17.3 Å². The summed E-state index contributed by atoms with van der Waals surface area (Å²) in [5.41, 5.74) is 10.6. The number of carbonyl (C=O) groups excluding carboxylic acids is 1. The molecule has 0 bridgehead atoms. The molecule has 7 heteroatoms. The zero-order valence-corrected chi connectivity index (χ0v) is 20.4. The number of nitrogens with zero attached hydrogens (tertiary/aromatic N) is 1. The minimum Gasteiger partial charge on any atom is -0.368 e. The van der Waals surface area contributed by atoms with Crippen LogP contribution < -0.4 is 21.3 Å². The van der Waals surface area contributed by atoms with Crippen molar-refractivity contribution >= 4 is 50.5 Å². The van der Waals surface area contributed by atoms with Crippen LogP contribution in [0.1, 0.15) is 24.2 Å². The van der Waals surface area contributed by atoms with Crippen LogP contribution in [0.25, 0.3) is 11.1 Å². The van der Waals surface area contributed by atoms with Crippen LogP contribution >= 0.6 is 27.5 Å². The topological polar surface area (TPSA) is 70.4 Å². The fourth-order valence-electron chi connectivity index (χ4n) is 4.12. The molecule has 0 saturated carbocycles. The third-order valence-electron chi connectivity index (χ3n) is 5.59. The van der Waals surface area contributed by atoms with E-state index in [9.17, 15) is 4.79 Å². The smallest absolute Gasteiger partial charge is 0.250 e. The van der Waals surface area contributed by atoms with Crippen LogP contribution in [0, 0.1) is 0 Å². The van der Waals surface area contributed by atoms with Crippen LogP contribution in [-0.2, 0) is 0 Å². The van der Waals surface area contributed by atoms with Gasteiger partial charge in [-0.25, -0.2) is 0 Å². The molecule has 0 aromatic heterocycles. The minimum atomic E-state index is -0.491. The number of halogens is 2. The lowest BCUT2D eigenvalue weighted by molar-refractivity contribution is 0.100. The van der Waals surface area contributed by atoms with Gasteiger partial charge in [0.1, 0.15) is 0 Å². The lowest BCUT2D eigenvalue weighted by Gasteiger charge is -2.40. The molecule has 4 rings (SSSR count). The fraction of sp³-hybridized carbons (Fsp3) is 0.240. The van der Waals surface area contributed by atoms with Crippen LogP contribution in [0.3, 0.4) is 0 Å². The Morgan fingerprint density at radius 1 is 1.16 bits per heavy atom. The van der Waals surface area contributed by atoms with Crippen LogP contribution in [0.5, 0.6) is 0 Å². The molecule has 0 atom stereocenters. The monoisotopic (exact) mass is 512 g/mol. The fourth-order valence-corrected chi connectivity index (χ4v) is 4.94. The van der Waals surface area contributed by atoms with E-state index in [0.29, 0.717) is 16.3 Å². The molecule has 166 valence electrons. The number of hydrogen-bond donors (Lipinski definition) is 3. The maximum Gasteiger partial charge on any atom is 0.250 e. The van der Waals surface area contributed by atoms with Crippen molar-refractivity contribution < 1.29 is 4.79 Å². The summed E-state index contributed by atoms with van der Waals surface area (Å²) in [4.78, 5) is 14.6. The average molecular weight is 514 g/mol. The van der Waals surface area contributed by atoms with Crippen molar-refractivity contribution in [3.8, 4) is 11.1 Å². The number of anilines is 3. The molecule has 3 aromatic carbocycles. The first-order chi connectivity index (χ1) is 15.2. The number of para-hydroxylation sites is 1. The van der Waals surface area contributed by atoms with E-state index in [1.54, 1.807) is 12.1 Å². The van der Waals surface area contributed by atoms with Crippen molar-refractivity contribution in [2.45, 2.75) is 19.4 Å². The van der Waals surface area contributed by atoms with Crippen LogP contribution in [-0.4, -0.2) is 31.1 Å². The Morgan fingerprint density at radius 2 is 1.94 bits per heavy atom. The highest BCUT2D eigenvalue weighted by atomic mass is 79.9. The normalized spacial score (nSPS) is 15.4. The summed E-state index contributed by atoms with van der Waals surface area (Å²) in [7, 11) is 0. The van der Waals surface area contributed by atoms with E-state index in [-0.39, 0.29) is 5.54 Å². The molecule has 1 amide bonds. The Labute approximate surface area is 202 Å². The number of piperazine rings is 1. The van der Waals surface area contributed by atoms with E-state index in [0.717, 1.165) is 46.6 Å². The molecule has 5 nitrogen and oxygen atoms in total.